The number of carbonyl (C=O) groups excluding carboxylic acids is 3. The van der Waals surface area contributed by atoms with Crippen molar-refractivity contribution < 1.29 is 34.2 Å². The third-order valence-electron chi connectivity index (χ3n) is 5.38. The second-order valence-electron chi connectivity index (χ2n) is 8.48. The lowest BCUT2D eigenvalue weighted by molar-refractivity contribution is -0.144. The molecule has 0 saturated heterocycles. The molecule has 9 N–H and O–H groups in total. The van der Waals surface area contributed by atoms with Crippen LogP contribution in [0.2, 0.25) is 0 Å². The maximum Gasteiger partial charge on any atom is 0.326 e. The fourth-order valence-electron chi connectivity index (χ4n) is 2.97. The minimum absolute atomic E-state index is 0.132. The van der Waals surface area contributed by atoms with Gasteiger partial charge in [-0.2, -0.15) is 0 Å². The van der Waals surface area contributed by atoms with Crippen molar-refractivity contribution in [2.24, 2.45) is 23.3 Å². The number of rotatable bonds is 16. The number of amides is 3. The van der Waals surface area contributed by atoms with E-state index in [-0.39, 0.29) is 12.3 Å². The van der Waals surface area contributed by atoms with E-state index in [0.717, 1.165) is 0 Å². The largest absolute Gasteiger partial charge is 0.481 e. The second-order valence-corrected chi connectivity index (χ2v) is 8.48. The molecule has 0 spiro atoms. The molecule has 0 aromatic carbocycles. The van der Waals surface area contributed by atoms with Gasteiger partial charge in [0.25, 0.3) is 0 Å². The number of aliphatic carboxylic acids is 2. The molecule has 0 aromatic rings. The van der Waals surface area contributed by atoms with Gasteiger partial charge in [0, 0.05) is 0 Å². The summed E-state index contributed by atoms with van der Waals surface area (Å²) in [6.07, 6.45) is 1.17. The highest BCUT2D eigenvalue weighted by Crippen LogP contribution is 2.09. The van der Waals surface area contributed by atoms with Crippen LogP contribution in [0.5, 0.6) is 0 Å². The van der Waals surface area contributed by atoms with Crippen molar-refractivity contribution in [3.8, 4) is 0 Å². The number of carboxylic acid groups (broad SMARTS) is 2. The Morgan fingerprint density at radius 1 is 0.848 bits per heavy atom. The van der Waals surface area contributed by atoms with Crippen LogP contribution in [0.3, 0.4) is 0 Å². The maximum atomic E-state index is 12.9. The molecule has 3 amide bonds. The van der Waals surface area contributed by atoms with Gasteiger partial charge in [0.1, 0.15) is 18.1 Å². The van der Waals surface area contributed by atoms with E-state index in [0.29, 0.717) is 25.8 Å². The van der Waals surface area contributed by atoms with Crippen molar-refractivity contribution in [2.75, 3.05) is 6.54 Å². The van der Waals surface area contributed by atoms with Crippen molar-refractivity contribution in [1.82, 2.24) is 16.0 Å². The topological polar surface area (TPSA) is 214 Å². The van der Waals surface area contributed by atoms with Crippen LogP contribution in [-0.4, -0.2) is 70.6 Å². The highest BCUT2D eigenvalue weighted by atomic mass is 16.4. The van der Waals surface area contributed by atoms with E-state index in [4.69, 9.17) is 16.6 Å². The Labute approximate surface area is 194 Å². The SMILES string of the molecule is CCC(C)C(N)C(=O)NC(CCCCN)C(=O)NC(CC(=O)O)C(=O)NC(C(=O)O)C(C)C. The zero-order valence-corrected chi connectivity index (χ0v) is 19.8. The van der Waals surface area contributed by atoms with Crippen LogP contribution in [0.25, 0.3) is 0 Å². The van der Waals surface area contributed by atoms with Crippen LogP contribution in [0.15, 0.2) is 0 Å². The Morgan fingerprint density at radius 3 is 1.85 bits per heavy atom. The van der Waals surface area contributed by atoms with Crippen LogP contribution in [-0.2, 0) is 24.0 Å². The van der Waals surface area contributed by atoms with Crippen molar-refractivity contribution in [2.45, 2.75) is 84.0 Å². The molecule has 12 nitrogen and oxygen atoms in total. The lowest BCUT2D eigenvalue weighted by Crippen LogP contribution is -2.58. The van der Waals surface area contributed by atoms with Gasteiger partial charge in [-0.3, -0.25) is 19.2 Å². The molecule has 0 aliphatic rings. The summed E-state index contributed by atoms with van der Waals surface area (Å²) in [4.78, 5) is 60.6. The Hall–Kier alpha value is -2.73. The summed E-state index contributed by atoms with van der Waals surface area (Å²) < 4.78 is 0. The molecule has 0 heterocycles. The van der Waals surface area contributed by atoms with Crippen molar-refractivity contribution in [3.63, 3.8) is 0 Å². The van der Waals surface area contributed by atoms with E-state index in [1.165, 1.54) is 0 Å². The predicted octanol–water partition coefficient (Wildman–Crippen LogP) is -0.841. The average molecular weight is 474 g/mol. The number of carboxylic acids is 2. The molecule has 0 fully saturated rings. The van der Waals surface area contributed by atoms with E-state index in [9.17, 15) is 29.1 Å². The van der Waals surface area contributed by atoms with E-state index >= 15 is 0 Å². The van der Waals surface area contributed by atoms with E-state index in [1.54, 1.807) is 20.8 Å². The Morgan fingerprint density at radius 2 is 1.39 bits per heavy atom. The number of nitrogens with two attached hydrogens (primary N) is 2. The van der Waals surface area contributed by atoms with Crippen molar-refractivity contribution in [1.29, 1.82) is 0 Å². The summed E-state index contributed by atoms with van der Waals surface area (Å²) >= 11 is 0. The first kappa shape index (κ1) is 30.3. The molecule has 0 saturated carbocycles. The maximum absolute atomic E-state index is 12.9. The molecule has 0 aromatic heterocycles. The zero-order chi connectivity index (χ0) is 25.7. The van der Waals surface area contributed by atoms with E-state index in [1.807, 2.05) is 6.92 Å². The lowest BCUT2D eigenvalue weighted by Gasteiger charge is -2.26. The summed E-state index contributed by atoms with van der Waals surface area (Å²) in [5, 5.41) is 25.6. The molecule has 0 rings (SSSR count). The Balaban J connectivity index is 5.55. The van der Waals surface area contributed by atoms with Gasteiger partial charge in [0.2, 0.25) is 17.7 Å². The highest BCUT2D eigenvalue weighted by molar-refractivity contribution is 5.95. The molecule has 5 atom stereocenters. The molecule has 33 heavy (non-hydrogen) atoms. The van der Waals surface area contributed by atoms with Crippen LogP contribution in [0.1, 0.15) is 59.8 Å². The van der Waals surface area contributed by atoms with Gasteiger partial charge in [-0.15, -0.1) is 0 Å². The zero-order valence-electron chi connectivity index (χ0n) is 19.8. The van der Waals surface area contributed by atoms with Gasteiger partial charge in [0.15, 0.2) is 0 Å². The van der Waals surface area contributed by atoms with Crippen LogP contribution in [0, 0.1) is 11.8 Å². The molecule has 190 valence electrons. The molecule has 0 aliphatic carbocycles. The van der Waals surface area contributed by atoms with Crippen molar-refractivity contribution >= 4 is 29.7 Å². The molecular weight excluding hydrogens is 434 g/mol. The van der Waals surface area contributed by atoms with Crippen LogP contribution < -0.4 is 27.4 Å². The van der Waals surface area contributed by atoms with Gasteiger partial charge in [0.05, 0.1) is 12.5 Å². The summed E-state index contributed by atoms with van der Waals surface area (Å²) in [6, 6.07) is -4.71. The monoisotopic (exact) mass is 473 g/mol. The number of carbonyl (C=O) groups is 5. The number of unbranched alkanes of at least 4 members (excludes halogenated alkanes) is 1. The van der Waals surface area contributed by atoms with Gasteiger partial charge < -0.3 is 37.6 Å². The third-order valence-corrected chi connectivity index (χ3v) is 5.38. The van der Waals surface area contributed by atoms with Crippen LogP contribution >= 0.6 is 0 Å². The minimum Gasteiger partial charge on any atom is -0.481 e. The second kappa shape index (κ2) is 15.2. The van der Waals surface area contributed by atoms with Crippen molar-refractivity contribution in [3.05, 3.63) is 0 Å². The minimum atomic E-state index is -1.53. The number of hydrogen-bond acceptors (Lipinski definition) is 7. The third kappa shape index (κ3) is 11.1. The first-order valence-electron chi connectivity index (χ1n) is 11.2. The Kier molecular flexibility index (Phi) is 13.9. The summed E-state index contributed by atoms with van der Waals surface area (Å²) in [7, 11) is 0. The predicted molar refractivity (Wildman–Crippen MR) is 121 cm³/mol. The van der Waals surface area contributed by atoms with Crippen LogP contribution in [0.4, 0.5) is 0 Å². The fourth-order valence-corrected chi connectivity index (χ4v) is 2.97. The summed E-state index contributed by atoms with van der Waals surface area (Å²) in [5.41, 5.74) is 11.4. The molecule has 0 bridgehead atoms. The number of hydrogen-bond donors (Lipinski definition) is 7. The average Bonchev–Trinajstić information content (AvgIpc) is 2.73. The molecular formula is C21H39N5O7. The highest BCUT2D eigenvalue weighted by Gasteiger charge is 2.32. The van der Waals surface area contributed by atoms with Gasteiger partial charge in [-0.25, -0.2) is 4.79 Å². The molecule has 0 radical (unpaired) electrons. The first-order valence-corrected chi connectivity index (χ1v) is 11.2. The number of nitrogens with one attached hydrogen (secondary N) is 3. The summed E-state index contributed by atoms with van der Waals surface area (Å²) in [5.74, 6) is -5.52. The standard InChI is InChI=1S/C21H39N5O7/c1-5-12(4)16(23)20(31)24-13(8-6-7-9-22)18(29)25-14(10-15(27)28)19(30)26-17(11(2)3)21(32)33/h11-14,16-17H,5-10,22-23H2,1-4H3,(H,24,31)(H,25,29)(H,26,30)(H,27,28)(H,32,33). The quantitative estimate of drug-likeness (QED) is 0.139. The van der Waals surface area contributed by atoms with E-state index < -0.39 is 66.2 Å². The lowest BCUT2D eigenvalue weighted by atomic mass is 9.98. The van der Waals surface area contributed by atoms with Gasteiger partial charge >= 0.3 is 11.9 Å². The van der Waals surface area contributed by atoms with Gasteiger partial charge in [-0.1, -0.05) is 34.1 Å². The smallest absolute Gasteiger partial charge is 0.326 e. The molecule has 5 unspecified atom stereocenters. The summed E-state index contributed by atoms with van der Waals surface area (Å²) in [6.45, 7) is 7.21. The van der Waals surface area contributed by atoms with Gasteiger partial charge in [-0.05, 0) is 37.6 Å². The first-order chi connectivity index (χ1) is 15.3. The molecule has 0 aliphatic heterocycles. The molecule has 12 heteroatoms. The Bertz CT molecular complexity index is 686. The normalized spacial score (nSPS) is 15.6. The van der Waals surface area contributed by atoms with E-state index in [2.05, 4.69) is 16.0 Å². The fraction of sp³-hybridized carbons (Fsp3) is 0.762.